The third-order valence-corrected chi connectivity index (χ3v) is 7.14. The molecule has 1 N–H and O–H groups in total. The molecule has 40 heavy (non-hydrogen) atoms. The van der Waals surface area contributed by atoms with Gasteiger partial charge in [-0.15, -0.1) is 0 Å². The highest BCUT2D eigenvalue weighted by Crippen LogP contribution is 2.34. The average Bonchev–Trinajstić information content (AvgIpc) is 2.94. The summed E-state index contributed by atoms with van der Waals surface area (Å²) in [5.74, 6) is 0. The van der Waals surface area contributed by atoms with Crippen molar-refractivity contribution in [2.45, 2.75) is 56.0 Å². The number of aliphatic hydroxyl groups is 1. The fraction of sp³-hybridized carbons (Fsp3) is 0.357. The van der Waals surface area contributed by atoms with Crippen molar-refractivity contribution in [3.63, 3.8) is 0 Å². The molecule has 12 heteroatoms. The molecule has 0 amide bonds. The van der Waals surface area contributed by atoms with Crippen molar-refractivity contribution in [1.29, 1.82) is 0 Å². The minimum Gasteiger partial charge on any atom is -0.374 e. The highest BCUT2D eigenvalue weighted by molar-refractivity contribution is 7.87. The summed E-state index contributed by atoms with van der Waals surface area (Å²) in [5.41, 5.74) is -3.59. The van der Waals surface area contributed by atoms with Crippen molar-refractivity contribution in [3.05, 3.63) is 108 Å². The maximum absolute atomic E-state index is 13.4. The van der Waals surface area contributed by atoms with Gasteiger partial charge in [-0.25, -0.2) is 0 Å². The lowest BCUT2D eigenvalue weighted by Crippen LogP contribution is -2.62. The molecule has 0 saturated carbocycles. The number of benzene rings is 3. The van der Waals surface area contributed by atoms with Crippen molar-refractivity contribution >= 4 is 10.1 Å². The zero-order valence-electron chi connectivity index (χ0n) is 21.2. The summed E-state index contributed by atoms with van der Waals surface area (Å²) in [7, 11) is -6.08. The van der Waals surface area contributed by atoms with Gasteiger partial charge >= 0.3 is 15.6 Å². The van der Waals surface area contributed by atoms with Crippen LogP contribution in [0.25, 0.3) is 0 Å². The Morgan fingerprint density at radius 3 is 1.62 bits per heavy atom. The van der Waals surface area contributed by atoms with Crippen LogP contribution in [0.2, 0.25) is 0 Å². The van der Waals surface area contributed by atoms with E-state index in [0.717, 1.165) is 5.56 Å². The summed E-state index contributed by atoms with van der Waals surface area (Å²) in [6.45, 7) is -0.544. The molecule has 0 radical (unpaired) electrons. The van der Waals surface area contributed by atoms with E-state index in [1.165, 1.54) is 0 Å². The van der Waals surface area contributed by atoms with Crippen LogP contribution in [0.3, 0.4) is 0 Å². The molecule has 0 spiro atoms. The van der Waals surface area contributed by atoms with Crippen LogP contribution < -0.4 is 0 Å². The summed E-state index contributed by atoms with van der Waals surface area (Å²) in [6.07, 6.45) is -7.90. The van der Waals surface area contributed by atoms with E-state index in [0.29, 0.717) is 11.1 Å². The highest BCUT2D eigenvalue weighted by atomic mass is 32.2. The van der Waals surface area contributed by atoms with E-state index in [1.54, 1.807) is 91.0 Å². The maximum Gasteiger partial charge on any atom is 0.523 e. The molecule has 8 nitrogen and oxygen atoms in total. The topological polar surface area (TPSA) is 101 Å². The van der Waals surface area contributed by atoms with Gasteiger partial charge in [0.2, 0.25) is 0 Å². The lowest BCUT2D eigenvalue weighted by molar-refractivity contribution is -0.305. The Morgan fingerprint density at radius 1 is 0.700 bits per heavy atom. The van der Waals surface area contributed by atoms with Crippen molar-refractivity contribution in [2.75, 3.05) is 6.61 Å². The molecule has 1 unspecified atom stereocenters. The maximum atomic E-state index is 13.4. The van der Waals surface area contributed by atoms with E-state index in [1.807, 2.05) is 0 Å². The van der Waals surface area contributed by atoms with E-state index in [9.17, 15) is 26.7 Å². The standard InChI is InChI=1S/C28H29F3O8S/c29-28(30,31)40(33,34)39-24-23(19-35-16-20-10-4-1-5-11-20)38-27(32)26(37-18-22-14-8-3-9-15-22)25(24)36-17-21-12-6-2-7-13-21/h1-15,23-27,32H,16-19H2/t23?,24-,25+,26-,27+/m0/s1. The van der Waals surface area contributed by atoms with E-state index >= 15 is 0 Å². The summed E-state index contributed by atoms with van der Waals surface area (Å²) in [4.78, 5) is 0. The van der Waals surface area contributed by atoms with Gasteiger partial charge in [-0.2, -0.15) is 21.6 Å². The number of rotatable bonds is 12. The molecular weight excluding hydrogens is 553 g/mol. The Hall–Kier alpha value is -2.84. The van der Waals surface area contributed by atoms with Gasteiger partial charge in [-0.05, 0) is 16.7 Å². The third kappa shape index (κ3) is 8.10. The van der Waals surface area contributed by atoms with E-state index in [-0.39, 0.29) is 19.8 Å². The average molecular weight is 583 g/mol. The fourth-order valence-electron chi connectivity index (χ4n) is 4.11. The summed E-state index contributed by atoms with van der Waals surface area (Å²) in [6, 6.07) is 26.4. The fourth-order valence-corrected chi connectivity index (χ4v) is 4.75. The van der Waals surface area contributed by atoms with Crippen LogP contribution in [0, 0.1) is 0 Å². The van der Waals surface area contributed by atoms with Crippen LogP contribution in [-0.2, 0) is 53.1 Å². The monoisotopic (exact) mass is 582 g/mol. The Kier molecular flexibility index (Phi) is 10.3. The molecule has 0 bridgehead atoms. The predicted molar refractivity (Wildman–Crippen MR) is 137 cm³/mol. The van der Waals surface area contributed by atoms with Crippen LogP contribution in [0.4, 0.5) is 13.2 Å². The van der Waals surface area contributed by atoms with Crippen LogP contribution in [0.15, 0.2) is 91.0 Å². The van der Waals surface area contributed by atoms with E-state index in [4.69, 9.17) is 23.1 Å². The number of alkyl halides is 3. The van der Waals surface area contributed by atoms with Gasteiger partial charge in [0.15, 0.2) is 6.29 Å². The first-order valence-corrected chi connectivity index (χ1v) is 13.8. The van der Waals surface area contributed by atoms with Crippen LogP contribution in [0.5, 0.6) is 0 Å². The molecule has 4 rings (SSSR count). The van der Waals surface area contributed by atoms with Crippen molar-refractivity contribution < 1.29 is 49.8 Å². The molecule has 1 aliphatic heterocycles. The first kappa shape index (κ1) is 30.1. The van der Waals surface area contributed by atoms with Gasteiger partial charge in [0.05, 0.1) is 26.4 Å². The van der Waals surface area contributed by atoms with Gasteiger partial charge in [0.1, 0.15) is 24.4 Å². The van der Waals surface area contributed by atoms with Crippen LogP contribution >= 0.6 is 0 Å². The number of halogens is 3. The van der Waals surface area contributed by atoms with Gasteiger partial charge in [-0.3, -0.25) is 4.18 Å². The third-order valence-electron chi connectivity index (χ3n) is 6.09. The zero-order valence-corrected chi connectivity index (χ0v) is 22.0. The van der Waals surface area contributed by atoms with Gasteiger partial charge in [-0.1, -0.05) is 91.0 Å². The molecule has 1 saturated heterocycles. The number of hydrogen-bond acceptors (Lipinski definition) is 8. The van der Waals surface area contributed by atoms with Gasteiger partial charge in [0.25, 0.3) is 0 Å². The Morgan fingerprint density at radius 2 is 1.15 bits per heavy atom. The Bertz CT molecular complexity index is 1280. The lowest BCUT2D eigenvalue weighted by Gasteiger charge is -2.43. The second-order valence-electron chi connectivity index (χ2n) is 9.05. The van der Waals surface area contributed by atoms with E-state index in [2.05, 4.69) is 0 Å². The first-order valence-electron chi connectivity index (χ1n) is 12.4. The minimum atomic E-state index is -6.08. The highest BCUT2D eigenvalue weighted by Gasteiger charge is 2.55. The summed E-state index contributed by atoms with van der Waals surface area (Å²) in [5, 5.41) is 10.9. The SMILES string of the molecule is O=S(=O)(O[C@H]1C(COCc2ccccc2)O[C@@H](O)[C@@H](OCc2ccccc2)[C@@H]1OCc1ccccc1)C(F)(F)F. The van der Waals surface area contributed by atoms with Crippen molar-refractivity contribution in [2.24, 2.45) is 0 Å². The summed E-state index contributed by atoms with van der Waals surface area (Å²) < 4.78 is 92.2. The predicted octanol–water partition coefficient (Wildman–Crippen LogP) is 4.33. The van der Waals surface area contributed by atoms with Crippen molar-refractivity contribution in [3.8, 4) is 0 Å². The molecule has 216 valence electrons. The normalized spacial score (nSPS) is 23.6. The second-order valence-corrected chi connectivity index (χ2v) is 10.6. The quantitative estimate of drug-likeness (QED) is 0.249. The number of aliphatic hydroxyl groups excluding tert-OH is 1. The number of ether oxygens (including phenoxy) is 4. The molecule has 1 heterocycles. The lowest BCUT2D eigenvalue weighted by atomic mass is 9.98. The molecule has 5 atom stereocenters. The molecule has 1 aliphatic rings. The Balaban J connectivity index is 1.61. The van der Waals surface area contributed by atoms with Gasteiger partial charge in [0, 0.05) is 0 Å². The van der Waals surface area contributed by atoms with Crippen molar-refractivity contribution in [1.82, 2.24) is 0 Å². The molecule has 0 aromatic heterocycles. The molecule has 3 aromatic rings. The van der Waals surface area contributed by atoms with E-state index < -0.39 is 52.9 Å². The molecule has 0 aliphatic carbocycles. The smallest absolute Gasteiger partial charge is 0.374 e. The van der Waals surface area contributed by atoms with Gasteiger partial charge < -0.3 is 24.1 Å². The second kappa shape index (κ2) is 13.7. The number of hydrogen-bond donors (Lipinski definition) is 1. The molecular formula is C28H29F3O8S. The Labute approximate surface area is 230 Å². The zero-order chi connectivity index (χ0) is 28.6. The minimum absolute atomic E-state index is 0.0546. The first-order chi connectivity index (χ1) is 19.1. The largest absolute Gasteiger partial charge is 0.523 e. The van der Waals surface area contributed by atoms with Crippen LogP contribution in [0.1, 0.15) is 16.7 Å². The van der Waals surface area contributed by atoms with Crippen LogP contribution in [-0.4, -0.2) is 56.3 Å². The molecule has 3 aromatic carbocycles. The molecule has 1 fully saturated rings. The summed E-state index contributed by atoms with van der Waals surface area (Å²) >= 11 is 0.